The summed E-state index contributed by atoms with van der Waals surface area (Å²) in [7, 11) is -0.581. The number of nitrogens with one attached hydrogen (secondary N) is 2. The molecule has 0 radical (unpaired) electrons. The van der Waals surface area contributed by atoms with Gasteiger partial charge in [-0.25, -0.2) is 9.97 Å². The van der Waals surface area contributed by atoms with Crippen LogP contribution in [0.2, 0.25) is 0 Å². The van der Waals surface area contributed by atoms with E-state index >= 15 is 0 Å². The van der Waals surface area contributed by atoms with Crippen LogP contribution < -0.4 is 10.9 Å². The number of aryl methyl sites for hydroxylation is 3. The number of imidazole rings is 1. The number of carbonyl (C=O) groups excluding carboxylic acids is 1. The van der Waals surface area contributed by atoms with Gasteiger partial charge in [0.2, 0.25) is 11.9 Å². The van der Waals surface area contributed by atoms with E-state index in [1.807, 2.05) is 13.8 Å². The number of carbonyl (C=O) groups is 1. The van der Waals surface area contributed by atoms with Gasteiger partial charge in [0, 0.05) is 38.5 Å². The Bertz CT molecular complexity index is 1960. The average molecular weight is 611 g/mol. The summed E-state index contributed by atoms with van der Waals surface area (Å²) in [6, 6.07) is 8.78. The van der Waals surface area contributed by atoms with Crippen molar-refractivity contribution < 1.29 is 21.8 Å². The molecule has 226 valence electrons. The van der Waals surface area contributed by atoms with Gasteiger partial charge in [-0.05, 0) is 43.9 Å². The Kier molecular flexibility index (Phi) is 8.28. The van der Waals surface area contributed by atoms with E-state index < -0.39 is 27.5 Å². The summed E-state index contributed by atoms with van der Waals surface area (Å²) < 4.78 is 49.1. The number of nitrogens with zero attached hydrogens (tertiary/aromatic N) is 6. The number of rotatable bonds is 11. The summed E-state index contributed by atoms with van der Waals surface area (Å²) in [6.07, 6.45) is 4.20. The average Bonchev–Trinajstić information content (AvgIpc) is 3.58. The molecule has 5 rings (SSSR count). The number of pyridine rings is 1. The van der Waals surface area contributed by atoms with Gasteiger partial charge in [0.25, 0.3) is 21.6 Å². The number of amides is 1. The summed E-state index contributed by atoms with van der Waals surface area (Å²) in [5, 5.41) is 9.90. The summed E-state index contributed by atoms with van der Waals surface area (Å²) in [6.45, 7) is 4.28. The van der Waals surface area contributed by atoms with Gasteiger partial charge in [-0.15, -0.1) is 0 Å². The lowest BCUT2D eigenvalue weighted by atomic mass is 10.1. The molecule has 0 aliphatic heterocycles. The minimum Gasteiger partial charge on any atom is -0.302 e. The molecule has 0 saturated carbocycles. The Morgan fingerprint density at radius 3 is 2.60 bits per heavy atom. The molecule has 4 heterocycles. The predicted octanol–water partition coefficient (Wildman–Crippen LogP) is 3.38. The first-order chi connectivity index (χ1) is 20.4. The highest BCUT2D eigenvalue weighted by molar-refractivity contribution is 7.86. The standard InChI is InChI=1S/C28H31FN8O5S/c1-17-7-9-20(10-8-17)43(40,41)42-11-5-6-18(2)15-37-25-23(16-35(3)34-25)32-28(37)33-26(38)19-12-22(31-24(29)13-19)21-14-30-36(4)27(21)39/h7-10,12-14,16,18,30H,5-6,11,15H2,1-4H3,(H,32,33,38)/t18-/m1/s1. The highest BCUT2D eigenvalue weighted by atomic mass is 32.2. The first-order valence-electron chi connectivity index (χ1n) is 13.5. The second kappa shape index (κ2) is 11.9. The fourth-order valence-electron chi connectivity index (χ4n) is 4.64. The molecule has 15 heteroatoms. The molecule has 0 spiro atoms. The third-order valence-electron chi connectivity index (χ3n) is 6.91. The maximum atomic E-state index is 14.4. The Balaban J connectivity index is 1.28. The molecular formula is C28H31FN8O5S. The van der Waals surface area contributed by atoms with Gasteiger partial charge >= 0.3 is 0 Å². The van der Waals surface area contributed by atoms with Crippen LogP contribution in [-0.2, 0) is 34.9 Å². The maximum absolute atomic E-state index is 14.4. The normalized spacial score (nSPS) is 12.6. The number of halogens is 1. The molecule has 0 bridgehead atoms. The van der Waals surface area contributed by atoms with E-state index in [2.05, 4.69) is 25.5 Å². The fraction of sp³-hybridized carbons (Fsp3) is 0.321. The second-order valence-electron chi connectivity index (χ2n) is 10.5. The molecular weight excluding hydrogens is 579 g/mol. The van der Waals surface area contributed by atoms with Crippen LogP contribution in [0.1, 0.15) is 35.7 Å². The summed E-state index contributed by atoms with van der Waals surface area (Å²) in [4.78, 5) is 34.0. The summed E-state index contributed by atoms with van der Waals surface area (Å²) in [5.41, 5.74) is 1.73. The topological polar surface area (TPSA) is 159 Å². The van der Waals surface area contributed by atoms with Crippen molar-refractivity contribution in [3.8, 4) is 11.3 Å². The molecule has 1 amide bonds. The van der Waals surface area contributed by atoms with Crippen molar-refractivity contribution >= 4 is 33.1 Å². The van der Waals surface area contributed by atoms with Crippen LogP contribution in [0.15, 0.2) is 58.5 Å². The zero-order chi connectivity index (χ0) is 30.9. The highest BCUT2D eigenvalue weighted by Crippen LogP contribution is 2.23. The Labute approximate surface area is 246 Å². The lowest BCUT2D eigenvalue weighted by molar-refractivity contribution is 0.102. The van der Waals surface area contributed by atoms with Crippen LogP contribution in [0.25, 0.3) is 22.4 Å². The van der Waals surface area contributed by atoms with Gasteiger partial charge in [-0.2, -0.15) is 17.9 Å². The van der Waals surface area contributed by atoms with Crippen LogP contribution in [0, 0.1) is 18.8 Å². The van der Waals surface area contributed by atoms with Crippen LogP contribution in [0.3, 0.4) is 0 Å². The maximum Gasteiger partial charge on any atom is 0.296 e. The van der Waals surface area contributed by atoms with E-state index in [9.17, 15) is 22.4 Å². The number of fused-ring (bicyclic) bond motifs is 1. The number of aromatic amines is 1. The molecule has 2 N–H and O–H groups in total. The molecule has 5 aromatic rings. The molecule has 13 nitrogen and oxygen atoms in total. The van der Waals surface area contributed by atoms with Crippen LogP contribution in [-0.4, -0.2) is 55.0 Å². The third kappa shape index (κ3) is 6.57. The third-order valence-corrected chi connectivity index (χ3v) is 8.23. The monoisotopic (exact) mass is 610 g/mol. The van der Waals surface area contributed by atoms with Crippen LogP contribution >= 0.6 is 0 Å². The largest absolute Gasteiger partial charge is 0.302 e. The van der Waals surface area contributed by atoms with E-state index in [4.69, 9.17) is 4.18 Å². The summed E-state index contributed by atoms with van der Waals surface area (Å²) in [5.74, 6) is -1.32. The van der Waals surface area contributed by atoms with E-state index in [1.165, 1.54) is 36.1 Å². The molecule has 0 fully saturated rings. The minimum atomic E-state index is -3.85. The van der Waals surface area contributed by atoms with E-state index in [0.717, 1.165) is 11.6 Å². The Morgan fingerprint density at radius 2 is 1.91 bits per heavy atom. The van der Waals surface area contributed by atoms with Gasteiger partial charge in [0.05, 0.1) is 29.0 Å². The smallest absolute Gasteiger partial charge is 0.296 e. The van der Waals surface area contributed by atoms with Gasteiger partial charge in [-0.1, -0.05) is 24.6 Å². The van der Waals surface area contributed by atoms with Gasteiger partial charge < -0.3 is 5.10 Å². The number of H-pyrrole nitrogens is 1. The second-order valence-corrected chi connectivity index (χ2v) is 12.1. The SMILES string of the molecule is Cc1ccc(S(=O)(=O)OCCC[C@@H](C)Cn2c(NC(=O)c3cc(F)nc(-c4c[nH]n(C)c4=O)c3)nc3cn(C)nc32)cc1. The molecule has 0 aliphatic carbocycles. The predicted molar refractivity (Wildman–Crippen MR) is 156 cm³/mol. The van der Waals surface area contributed by atoms with Crippen molar-refractivity contribution in [2.45, 2.75) is 38.1 Å². The Hall–Kier alpha value is -4.63. The number of aromatic nitrogens is 7. The van der Waals surface area contributed by atoms with Crippen molar-refractivity contribution in [3.63, 3.8) is 0 Å². The number of hydrogen-bond donors (Lipinski definition) is 2. The molecule has 0 saturated heterocycles. The molecule has 1 aromatic carbocycles. The number of anilines is 1. The van der Waals surface area contributed by atoms with E-state index in [0.29, 0.717) is 30.6 Å². The zero-order valence-electron chi connectivity index (χ0n) is 24.0. The fourth-order valence-corrected chi connectivity index (χ4v) is 5.58. The quantitative estimate of drug-likeness (QED) is 0.131. The first kappa shape index (κ1) is 29.8. The summed E-state index contributed by atoms with van der Waals surface area (Å²) >= 11 is 0. The van der Waals surface area contributed by atoms with Crippen LogP contribution in [0.5, 0.6) is 0 Å². The van der Waals surface area contributed by atoms with Crippen molar-refractivity contribution in [2.24, 2.45) is 20.0 Å². The molecule has 43 heavy (non-hydrogen) atoms. The molecule has 4 aromatic heterocycles. The van der Waals surface area contributed by atoms with E-state index in [1.54, 1.807) is 34.6 Å². The number of hydrogen-bond acceptors (Lipinski definition) is 8. The van der Waals surface area contributed by atoms with Crippen molar-refractivity contribution in [3.05, 3.63) is 76.2 Å². The number of benzene rings is 1. The lowest BCUT2D eigenvalue weighted by Crippen LogP contribution is -2.19. The highest BCUT2D eigenvalue weighted by Gasteiger charge is 2.21. The van der Waals surface area contributed by atoms with Crippen LogP contribution in [0.4, 0.5) is 10.3 Å². The molecule has 0 aliphatic rings. The van der Waals surface area contributed by atoms with Crippen molar-refractivity contribution in [2.75, 3.05) is 11.9 Å². The van der Waals surface area contributed by atoms with Gasteiger partial charge in [0.15, 0.2) is 5.65 Å². The molecule has 0 unspecified atom stereocenters. The zero-order valence-corrected chi connectivity index (χ0v) is 24.9. The van der Waals surface area contributed by atoms with Gasteiger partial charge in [0.1, 0.15) is 5.52 Å². The Morgan fingerprint density at radius 1 is 1.16 bits per heavy atom. The molecule has 1 atom stereocenters. The van der Waals surface area contributed by atoms with Crippen molar-refractivity contribution in [1.29, 1.82) is 0 Å². The first-order valence-corrected chi connectivity index (χ1v) is 14.9. The van der Waals surface area contributed by atoms with Crippen molar-refractivity contribution in [1.82, 2.24) is 34.1 Å². The van der Waals surface area contributed by atoms with Gasteiger partial charge in [-0.3, -0.25) is 33.0 Å². The van der Waals surface area contributed by atoms with E-state index in [-0.39, 0.29) is 40.2 Å². The minimum absolute atomic E-state index is 0.0167. The lowest BCUT2D eigenvalue weighted by Gasteiger charge is -2.15.